The lowest BCUT2D eigenvalue weighted by Crippen LogP contribution is -2.36. The largest absolute Gasteiger partial charge is 0.388 e. The van der Waals surface area contributed by atoms with E-state index in [9.17, 15) is 15.0 Å². The van der Waals surface area contributed by atoms with E-state index in [0.29, 0.717) is 6.54 Å². The van der Waals surface area contributed by atoms with Crippen LogP contribution < -0.4 is 5.32 Å². The van der Waals surface area contributed by atoms with Gasteiger partial charge >= 0.3 is 0 Å². The van der Waals surface area contributed by atoms with Crippen LogP contribution in [-0.2, 0) is 29.2 Å². The molecule has 1 aromatic heterocycles. The van der Waals surface area contributed by atoms with Crippen molar-refractivity contribution in [1.29, 1.82) is 0 Å². The number of nitrogens with zero attached hydrogens (tertiary/aromatic N) is 4. The van der Waals surface area contributed by atoms with E-state index in [1.54, 1.807) is 4.68 Å². The van der Waals surface area contributed by atoms with Crippen LogP contribution in [0.3, 0.4) is 0 Å². The Morgan fingerprint density at radius 2 is 1.93 bits per heavy atom. The lowest BCUT2D eigenvalue weighted by molar-refractivity contribution is -0.125. The lowest BCUT2D eigenvalue weighted by Gasteiger charge is -2.15. The van der Waals surface area contributed by atoms with Gasteiger partial charge in [0.2, 0.25) is 5.91 Å². The third kappa shape index (κ3) is 5.42. The van der Waals surface area contributed by atoms with Crippen molar-refractivity contribution in [2.45, 2.75) is 69.4 Å². The number of rotatable bonds is 9. The minimum absolute atomic E-state index is 0.0398. The first-order valence-electron chi connectivity index (χ1n) is 10.4. The first-order chi connectivity index (χ1) is 14.5. The van der Waals surface area contributed by atoms with E-state index in [1.807, 2.05) is 31.4 Å². The van der Waals surface area contributed by atoms with Gasteiger partial charge in [-0.15, -0.1) is 5.10 Å². The number of hydrogen-bond donors (Lipinski definition) is 3. The van der Waals surface area contributed by atoms with E-state index >= 15 is 0 Å². The second-order valence-electron chi connectivity index (χ2n) is 8.33. The summed E-state index contributed by atoms with van der Waals surface area (Å²) >= 11 is 0. The van der Waals surface area contributed by atoms with Crippen LogP contribution in [0.15, 0.2) is 36.5 Å². The molecule has 1 saturated heterocycles. The normalized spacial score (nSPS) is 26.3. The third-order valence-corrected chi connectivity index (χ3v) is 5.47. The number of nitrogens with one attached hydrogen (secondary N) is 1. The van der Waals surface area contributed by atoms with Crippen LogP contribution in [0.2, 0.25) is 0 Å². The van der Waals surface area contributed by atoms with Gasteiger partial charge in [-0.3, -0.25) is 9.69 Å². The maximum Gasteiger partial charge on any atom is 0.222 e. The van der Waals surface area contributed by atoms with Gasteiger partial charge in [0.1, 0.15) is 18.3 Å². The van der Waals surface area contributed by atoms with Gasteiger partial charge in [0.05, 0.1) is 24.8 Å². The molecular formula is C21H29N5O4. The van der Waals surface area contributed by atoms with Gasteiger partial charge in [0.25, 0.3) is 0 Å². The van der Waals surface area contributed by atoms with E-state index in [4.69, 9.17) is 4.74 Å². The molecule has 2 fully saturated rings. The monoisotopic (exact) mass is 415 g/mol. The molecule has 1 aliphatic heterocycles. The molecule has 9 heteroatoms. The van der Waals surface area contributed by atoms with Crippen LogP contribution in [0, 0.1) is 0 Å². The van der Waals surface area contributed by atoms with E-state index in [-0.39, 0.29) is 24.9 Å². The van der Waals surface area contributed by atoms with Crippen molar-refractivity contribution in [1.82, 2.24) is 25.2 Å². The predicted molar refractivity (Wildman–Crippen MR) is 108 cm³/mol. The smallest absolute Gasteiger partial charge is 0.222 e. The first-order valence-corrected chi connectivity index (χ1v) is 10.4. The summed E-state index contributed by atoms with van der Waals surface area (Å²) in [6.45, 7) is 1.69. The van der Waals surface area contributed by atoms with E-state index in [1.165, 1.54) is 5.56 Å². The predicted octanol–water partition coefficient (Wildman–Crippen LogP) is 0.0680. The number of aliphatic hydroxyl groups is 2. The lowest BCUT2D eigenvalue weighted by atomic mass is 10.1. The number of hydrogen-bond acceptors (Lipinski definition) is 7. The second-order valence-corrected chi connectivity index (χ2v) is 8.33. The number of aliphatic hydroxyl groups excluding tert-OH is 2. The summed E-state index contributed by atoms with van der Waals surface area (Å²) in [5, 5.41) is 31.8. The Kier molecular flexibility index (Phi) is 6.43. The Bertz CT molecular complexity index is 841. The molecule has 4 rings (SSSR count). The molecule has 2 aromatic rings. The maximum absolute atomic E-state index is 12.0. The number of carbonyl (C=O) groups is 1. The van der Waals surface area contributed by atoms with Gasteiger partial charge in [-0.1, -0.05) is 35.5 Å². The van der Waals surface area contributed by atoms with Crippen molar-refractivity contribution in [3.63, 3.8) is 0 Å². The highest BCUT2D eigenvalue weighted by molar-refractivity contribution is 5.77. The van der Waals surface area contributed by atoms with Gasteiger partial charge in [0, 0.05) is 25.3 Å². The molecule has 0 radical (unpaired) electrons. The molecular weight excluding hydrogens is 386 g/mol. The highest BCUT2D eigenvalue weighted by Crippen LogP contribution is 2.26. The second kappa shape index (κ2) is 9.22. The number of ether oxygens (including phenoxy) is 1. The molecule has 3 N–H and O–H groups in total. The zero-order valence-corrected chi connectivity index (χ0v) is 17.1. The molecule has 1 saturated carbocycles. The summed E-state index contributed by atoms with van der Waals surface area (Å²) in [6, 6.07) is 10.4. The van der Waals surface area contributed by atoms with E-state index in [2.05, 4.69) is 32.7 Å². The van der Waals surface area contributed by atoms with Crippen LogP contribution in [0.4, 0.5) is 0 Å². The molecule has 0 spiro atoms. The molecule has 1 amide bonds. The summed E-state index contributed by atoms with van der Waals surface area (Å²) in [7, 11) is 2.02. The van der Waals surface area contributed by atoms with Gasteiger partial charge < -0.3 is 20.3 Å². The van der Waals surface area contributed by atoms with Crippen LogP contribution >= 0.6 is 0 Å². The molecule has 162 valence electrons. The van der Waals surface area contributed by atoms with Crippen molar-refractivity contribution < 1.29 is 19.7 Å². The van der Waals surface area contributed by atoms with Crippen LogP contribution in [0.5, 0.6) is 0 Å². The highest BCUT2D eigenvalue weighted by Gasteiger charge is 2.44. The minimum Gasteiger partial charge on any atom is -0.388 e. The Morgan fingerprint density at radius 3 is 2.67 bits per heavy atom. The van der Waals surface area contributed by atoms with Crippen molar-refractivity contribution in [3.05, 3.63) is 47.8 Å². The zero-order chi connectivity index (χ0) is 21.1. The summed E-state index contributed by atoms with van der Waals surface area (Å²) in [4.78, 5) is 14.1. The molecule has 2 heterocycles. The van der Waals surface area contributed by atoms with Crippen LogP contribution in [0.1, 0.15) is 30.5 Å². The molecule has 30 heavy (non-hydrogen) atoms. The molecule has 0 unspecified atom stereocenters. The average molecular weight is 415 g/mol. The topological polar surface area (TPSA) is 113 Å². The molecule has 4 atom stereocenters. The summed E-state index contributed by atoms with van der Waals surface area (Å²) < 4.78 is 7.38. The fourth-order valence-electron chi connectivity index (χ4n) is 3.75. The Morgan fingerprint density at radius 1 is 1.20 bits per heavy atom. The van der Waals surface area contributed by atoms with Gasteiger partial charge in [-0.25, -0.2) is 4.68 Å². The average Bonchev–Trinajstić information content (AvgIpc) is 3.36. The SMILES string of the molecule is CN(Cc1ccccc1)Cc1cn(C[C@H]2O[C@@H](CC(=O)NC3CC3)[C@H](O)[C@@H]2O)nn1. The Hall–Kier alpha value is -2.33. The molecule has 1 aliphatic carbocycles. The van der Waals surface area contributed by atoms with Gasteiger partial charge in [-0.2, -0.15) is 0 Å². The van der Waals surface area contributed by atoms with Crippen molar-refractivity contribution in [3.8, 4) is 0 Å². The highest BCUT2D eigenvalue weighted by atomic mass is 16.5. The fraction of sp³-hybridized carbons (Fsp3) is 0.571. The van der Waals surface area contributed by atoms with Crippen molar-refractivity contribution >= 4 is 5.91 Å². The molecule has 9 nitrogen and oxygen atoms in total. The third-order valence-electron chi connectivity index (χ3n) is 5.47. The van der Waals surface area contributed by atoms with Crippen LogP contribution in [0.25, 0.3) is 0 Å². The summed E-state index contributed by atoms with van der Waals surface area (Å²) in [6.07, 6.45) is 0.325. The van der Waals surface area contributed by atoms with E-state index < -0.39 is 24.4 Å². The molecule has 2 aliphatic rings. The summed E-state index contributed by atoms with van der Waals surface area (Å²) in [5.41, 5.74) is 2.03. The van der Waals surface area contributed by atoms with E-state index in [0.717, 1.165) is 25.1 Å². The number of amides is 1. The standard InChI is InChI=1S/C21H29N5O4/c1-25(10-14-5-3-2-4-6-14)11-16-12-26(24-23-16)13-18-21(29)20(28)17(30-18)9-19(27)22-15-7-8-15/h2-6,12,15,17-18,20-21,28-29H,7-11,13H2,1H3,(H,22,27)/t17-,18+,20-,21+/m0/s1. The molecule has 0 bridgehead atoms. The van der Waals surface area contributed by atoms with Crippen molar-refractivity contribution in [2.24, 2.45) is 0 Å². The Balaban J connectivity index is 1.27. The van der Waals surface area contributed by atoms with Crippen LogP contribution in [-0.4, -0.2) is 73.5 Å². The summed E-state index contributed by atoms with van der Waals surface area (Å²) in [5.74, 6) is -0.154. The zero-order valence-electron chi connectivity index (χ0n) is 17.1. The number of benzene rings is 1. The molecule has 1 aromatic carbocycles. The Labute approximate surface area is 175 Å². The minimum atomic E-state index is -1.10. The fourth-order valence-corrected chi connectivity index (χ4v) is 3.75. The van der Waals surface area contributed by atoms with Gasteiger partial charge in [-0.05, 0) is 25.5 Å². The maximum atomic E-state index is 12.0. The number of carbonyl (C=O) groups excluding carboxylic acids is 1. The van der Waals surface area contributed by atoms with Crippen molar-refractivity contribution in [2.75, 3.05) is 7.05 Å². The quantitative estimate of drug-likeness (QED) is 0.531. The van der Waals surface area contributed by atoms with Gasteiger partial charge in [0.15, 0.2) is 0 Å². The number of aromatic nitrogens is 3. The first kappa shape index (κ1) is 20.9.